The molecule has 0 spiro atoms. The fourth-order valence-corrected chi connectivity index (χ4v) is 2.81. The van der Waals surface area contributed by atoms with Crippen LogP contribution in [0.2, 0.25) is 0 Å². The highest BCUT2D eigenvalue weighted by Crippen LogP contribution is 2.32. The number of carbonyl (C=O) groups excluding carboxylic acids is 1. The molecule has 0 unspecified atom stereocenters. The van der Waals surface area contributed by atoms with Crippen LogP contribution in [0.3, 0.4) is 0 Å². The summed E-state index contributed by atoms with van der Waals surface area (Å²) in [6.07, 6.45) is 2.53. The third-order valence-electron chi connectivity index (χ3n) is 3.84. The number of amides is 1. The molecule has 20 heavy (non-hydrogen) atoms. The van der Waals surface area contributed by atoms with Crippen LogP contribution in [0.15, 0.2) is 22.8 Å². The maximum atomic E-state index is 12.2. The van der Waals surface area contributed by atoms with Crippen molar-refractivity contribution in [3.63, 3.8) is 0 Å². The summed E-state index contributed by atoms with van der Waals surface area (Å²) in [7, 11) is 0. The molecule has 5 nitrogen and oxygen atoms in total. The number of carboxylic acids is 1. The van der Waals surface area contributed by atoms with E-state index < -0.39 is 17.4 Å². The van der Waals surface area contributed by atoms with Crippen LogP contribution in [0.25, 0.3) is 0 Å². The van der Waals surface area contributed by atoms with Crippen LogP contribution >= 0.6 is 15.9 Å². The minimum atomic E-state index is -1.16. The third-order valence-corrected chi connectivity index (χ3v) is 4.28. The minimum Gasteiger partial charge on any atom is -0.480 e. The molecule has 0 aliphatic heterocycles. The van der Waals surface area contributed by atoms with E-state index in [1.165, 1.54) is 0 Å². The SMILES string of the molecule is CC1CCC(NC(=O)c2cccc(Br)n2)(C(=O)O)CC1. The van der Waals surface area contributed by atoms with Gasteiger partial charge >= 0.3 is 5.97 Å². The van der Waals surface area contributed by atoms with E-state index in [0.717, 1.165) is 12.8 Å². The number of rotatable bonds is 3. The number of aliphatic carboxylic acids is 1. The molecule has 1 amide bonds. The zero-order chi connectivity index (χ0) is 14.8. The number of carbonyl (C=O) groups is 2. The van der Waals surface area contributed by atoms with Gasteiger partial charge in [0.2, 0.25) is 0 Å². The molecule has 2 rings (SSSR count). The van der Waals surface area contributed by atoms with E-state index in [9.17, 15) is 14.7 Å². The second-order valence-electron chi connectivity index (χ2n) is 5.37. The van der Waals surface area contributed by atoms with Crippen molar-refractivity contribution >= 4 is 27.8 Å². The average molecular weight is 341 g/mol. The van der Waals surface area contributed by atoms with Gasteiger partial charge in [-0.25, -0.2) is 9.78 Å². The number of carboxylic acid groups (broad SMARTS) is 1. The summed E-state index contributed by atoms with van der Waals surface area (Å²) < 4.78 is 0.548. The summed E-state index contributed by atoms with van der Waals surface area (Å²) >= 11 is 3.20. The van der Waals surface area contributed by atoms with Gasteiger partial charge in [-0.3, -0.25) is 4.79 Å². The quantitative estimate of drug-likeness (QED) is 0.829. The fourth-order valence-electron chi connectivity index (χ4n) is 2.46. The molecular formula is C14H17BrN2O3. The topological polar surface area (TPSA) is 79.3 Å². The van der Waals surface area contributed by atoms with Crippen molar-refractivity contribution in [1.82, 2.24) is 10.3 Å². The molecule has 1 heterocycles. The van der Waals surface area contributed by atoms with Gasteiger partial charge in [-0.05, 0) is 59.7 Å². The monoisotopic (exact) mass is 340 g/mol. The lowest BCUT2D eigenvalue weighted by Gasteiger charge is -2.36. The van der Waals surface area contributed by atoms with Crippen LogP contribution in [-0.2, 0) is 4.79 Å². The summed E-state index contributed by atoms with van der Waals surface area (Å²) in [5.74, 6) is -0.903. The molecule has 0 bridgehead atoms. The van der Waals surface area contributed by atoms with Crippen molar-refractivity contribution in [2.45, 2.75) is 38.1 Å². The lowest BCUT2D eigenvalue weighted by Crippen LogP contribution is -2.56. The number of aromatic nitrogens is 1. The Morgan fingerprint density at radius 3 is 2.60 bits per heavy atom. The van der Waals surface area contributed by atoms with Crippen LogP contribution in [0.4, 0.5) is 0 Å². The molecule has 108 valence electrons. The number of halogens is 1. The first kappa shape index (κ1) is 15.0. The van der Waals surface area contributed by atoms with E-state index in [4.69, 9.17) is 0 Å². The second kappa shape index (κ2) is 5.91. The van der Waals surface area contributed by atoms with E-state index in [1.54, 1.807) is 18.2 Å². The average Bonchev–Trinajstić information content (AvgIpc) is 2.41. The van der Waals surface area contributed by atoms with Crippen LogP contribution in [0.1, 0.15) is 43.1 Å². The number of hydrogen-bond donors (Lipinski definition) is 2. The Labute approximate surface area is 125 Å². The highest BCUT2D eigenvalue weighted by molar-refractivity contribution is 9.10. The van der Waals surface area contributed by atoms with Crippen LogP contribution in [0.5, 0.6) is 0 Å². The van der Waals surface area contributed by atoms with Crippen LogP contribution < -0.4 is 5.32 Å². The number of pyridine rings is 1. The van der Waals surface area contributed by atoms with Crippen molar-refractivity contribution in [3.8, 4) is 0 Å². The molecule has 1 aromatic rings. The van der Waals surface area contributed by atoms with E-state index in [2.05, 4.69) is 33.2 Å². The summed E-state index contributed by atoms with van der Waals surface area (Å²) in [4.78, 5) is 27.8. The molecule has 6 heteroatoms. The summed E-state index contributed by atoms with van der Waals surface area (Å²) in [5.41, 5.74) is -0.938. The minimum absolute atomic E-state index is 0.221. The first-order valence-corrected chi connectivity index (χ1v) is 7.41. The van der Waals surface area contributed by atoms with Gasteiger partial charge in [0.15, 0.2) is 0 Å². The van der Waals surface area contributed by atoms with Gasteiger partial charge < -0.3 is 10.4 Å². The zero-order valence-electron chi connectivity index (χ0n) is 11.2. The second-order valence-corrected chi connectivity index (χ2v) is 6.18. The first-order valence-electron chi connectivity index (χ1n) is 6.61. The summed E-state index contributed by atoms with van der Waals surface area (Å²) in [5, 5.41) is 12.2. The molecule has 0 radical (unpaired) electrons. The molecule has 2 N–H and O–H groups in total. The van der Waals surface area contributed by atoms with Crippen molar-refractivity contribution in [2.24, 2.45) is 5.92 Å². The van der Waals surface area contributed by atoms with Gasteiger partial charge in [0.25, 0.3) is 5.91 Å². The number of nitrogens with zero attached hydrogens (tertiary/aromatic N) is 1. The van der Waals surface area contributed by atoms with Crippen molar-refractivity contribution < 1.29 is 14.7 Å². The van der Waals surface area contributed by atoms with E-state index >= 15 is 0 Å². The predicted molar refractivity (Wildman–Crippen MR) is 77.4 cm³/mol. The lowest BCUT2D eigenvalue weighted by atomic mass is 9.77. The fraction of sp³-hybridized carbons (Fsp3) is 0.500. The molecule has 1 aromatic heterocycles. The molecule has 1 aliphatic carbocycles. The Hall–Kier alpha value is -1.43. The summed E-state index contributed by atoms with van der Waals surface area (Å²) in [6.45, 7) is 2.10. The molecule has 1 aliphatic rings. The summed E-state index contributed by atoms with van der Waals surface area (Å²) in [6, 6.07) is 4.98. The predicted octanol–water partition coefficient (Wildman–Crippen LogP) is 2.61. The first-order chi connectivity index (χ1) is 9.43. The van der Waals surface area contributed by atoms with Gasteiger partial charge in [0.05, 0.1) is 0 Å². The number of hydrogen-bond acceptors (Lipinski definition) is 3. The van der Waals surface area contributed by atoms with E-state index in [1.807, 2.05) is 0 Å². The van der Waals surface area contributed by atoms with Gasteiger partial charge in [0.1, 0.15) is 15.8 Å². The molecule has 0 saturated heterocycles. The molecular weight excluding hydrogens is 324 g/mol. The van der Waals surface area contributed by atoms with Crippen LogP contribution in [0, 0.1) is 5.92 Å². The Morgan fingerprint density at radius 1 is 1.40 bits per heavy atom. The standard InChI is InChI=1S/C14H17BrN2O3/c1-9-5-7-14(8-6-9,13(19)20)17-12(18)10-3-2-4-11(15)16-10/h2-4,9H,5-8H2,1H3,(H,17,18)(H,19,20). The van der Waals surface area contributed by atoms with Gasteiger partial charge in [-0.1, -0.05) is 13.0 Å². The van der Waals surface area contributed by atoms with Crippen molar-refractivity contribution in [2.75, 3.05) is 0 Å². The van der Waals surface area contributed by atoms with E-state index in [-0.39, 0.29) is 5.69 Å². The maximum Gasteiger partial charge on any atom is 0.329 e. The van der Waals surface area contributed by atoms with Crippen molar-refractivity contribution in [1.29, 1.82) is 0 Å². The Bertz CT molecular complexity index is 525. The van der Waals surface area contributed by atoms with E-state index in [0.29, 0.717) is 23.4 Å². The Morgan fingerprint density at radius 2 is 2.05 bits per heavy atom. The highest BCUT2D eigenvalue weighted by atomic mass is 79.9. The third kappa shape index (κ3) is 3.17. The van der Waals surface area contributed by atoms with Gasteiger partial charge in [0, 0.05) is 0 Å². The molecule has 1 saturated carbocycles. The normalized spacial score (nSPS) is 26.0. The smallest absolute Gasteiger partial charge is 0.329 e. The molecule has 0 atom stereocenters. The highest BCUT2D eigenvalue weighted by Gasteiger charge is 2.42. The Balaban J connectivity index is 2.17. The van der Waals surface area contributed by atoms with Gasteiger partial charge in [-0.2, -0.15) is 0 Å². The molecule has 1 fully saturated rings. The van der Waals surface area contributed by atoms with Crippen LogP contribution in [-0.4, -0.2) is 27.5 Å². The largest absolute Gasteiger partial charge is 0.480 e. The number of nitrogens with one attached hydrogen (secondary N) is 1. The lowest BCUT2D eigenvalue weighted by molar-refractivity contribution is -0.146. The Kier molecular flexibility index (Phi) is 4.42. The van der Waals surface area contributed by atoms with Crippen molar-refractivity contribution in [3.05, 3.63) is 28.5 Å². The maximum absolute atomic E-state index is 12.2. The molecule has 0 aromatic carbocycles. The zero-order valence-corrected chi connectivity index (χ0v) is 12.8. The van der Waals surface area contributed by atoms with Gasteiger partial charge in [-0.15, -0.1) is 0 Å².